The maximum Gasteiger partial charge on any atom is 0.0918 e. The molecule has 2 nitrogen and oxygen atoms in total. The fourth-order valence-electron chi connectivity index (χ4n) is 2.37. The highest BCUT2D eigenvalue weighted by Crippen LogP contribution is 2.21. The van der Waals surface area contributed by atoms with Crippen LogP contribution in [-0.2, 0) is 0 Å². The molecule has 0 spiro atoms. The highest BCUT2D eigenvalue weighted by atomic mass is 19.1. The summed E-state index contributed by atoms with van der Waals surface area (Å²) in [4.78, 5) is 8.81. The summed E-state index contributed by atoms with van der Waals surface area (Å²) in [5.74, 6) is 0. The number of rotatable bonds is 7. The van der Waals surface area contributed by atoms with Crippen LogP contribution >= 0.6 is 0 Å². The van der Waals surface area contributed by atoms with Gasteiger partial charge in [-0.25, -0.2) is 0 Å². The molecule has 22 heavy (non-hydrogen) atoms. The van der Waals surface area contributed by atoms with Crippen molar-refractivity contribution < 1.29 is 4.39 Å². The van der Waals surface area contributed by atoms with E-state index in [1.165, 1.54) is 0 Å². The lowest BCUT2D eigenvalue weighted by molar-refractivity contribution is 0.366. The highest BCUT2D eigenvalue weighted by Gasteiger charge is 2.24. The van der Waals surface area contributed by atoms with Gasteiger partial charge in [-0.1, -0.05) is 60.7 Å². The van der Waals surface area contributed by atoms with E-state index in [9.17, 15) is 4.39 Å². The first-order valence-electron chi connectivity index (χ1n) is 7.38. The van der Waals surface area contributed by atoms with Gasteiger partial charge in [-0.2, -0.15) is 0 Å². The minimum absolute atomic E-state index is 0.329. The lowest BCUT2D eigenvalue weighted by atomic mass is 9.96. The van der Waals surface area contributed by atoms with Gasteiger partial charge in [-0.05, 0) is 13.6 Å². The van der Waals surface area contributed by atoms with E-state index in [-0.39, 0.29) is 0 Å². The number of halogens is 1. The molecule has 0 aliphatic heterocycles. The maximum atomic E-state index is 12.9. The minimum Gasteiger partial charge on any atom is -0.298 e. The summed E-state index contributed by atoms with van der Waals surface area (Å²) in [6.45, 7) is 5.44. The summed E-state index contributed by atoms with van der Waals surface area (Å²) in [7, 11) is 0. The molecule has 0 aromatic heterocycles. The molecule has 0 amide bonds. The molecule has 0 bridgehead atoms. The molecule has 114 valence electrons. The van der Waals surface area contributed by atoms with Crippen LogP contribution in [0.25, 0.3) is 0 Å². The molecule has 0 heterocycles. The van der Waals surface area contributed by atoms with Gasteiger partial charge in [0.2, 0.25) is 0 Å². The second-order valence-corrected chi connectivity index (χ2v) is 5.51. The Morgan fingerprint density at radius 1 is 1.00 bits per heavy atom. The van der Waals surface area contributed by atoms with Crippen LogP contribution in [-0.4, -0.2) is 31.2 Å². The fraction of sp³-hybridized carbons (Fsp3) is 0.263. The van der Waals surface area contributed by atoms with E-state index in [0.717, 1.165) is 16.8 Å². The molecule has 0 N–H and O–H groups in total. The van der Waals surface area contributed by atoms with E-state index >= 15 is 0 Å². The number of benzene rings is 2. The van der Waals surface area contributed by atoms with Crippen molar-refractivity contribution in [3.63, 3.8) is 0 Å². The van der Waals surface area contributed by atoms with Crippen molar-refractivity contribution in [3.05, 3.63) is 71.8 Å². The topological polar surface area (TPSA) is 24.7 Å². The molecule has 0 radical (unpaired) electrons. The molecule has 1 unspecified atom stereocenters. The molecule has 1 atom stereocenters. The first-order chi connectivity index (χ1) is 10.7. The second-order valence-electron chi connectivity index (χ2n) is 5.51. The maximum absolute atomic E-state index is 12.9. The van der Waals surface area contributed by atoms with Crippen LogP contribution in [0.3, 0.4) is 0 Å². The van der Waals surface area contributed by atoms with E-state index < -0.39 is 12.2 Å². The largest absolute Gasteiger partial charge is 0.298 e. The SMILES string of the molecule is C=NCC(C)(CCF)N=C(c1ccccc1)c1ccccc1. The molecule has 2 aromatic carbocycles. The molecular weight excluding hydrogens is 275 g/mol. The summed E-state index contributed by atoms with van der Waals surface area (Å²) < 4.78 is 12.9. The number of hydrogen-bond acceptors (Lipinski definition) is 2. The molecule has 2 rings (SSSR count). The minimum atomic E-state index is -0.586. The van der Waals surface area contributed by atoms with Crippen molar-refractivity contribution in [2.24, 2.45) is 9.98 Å². The van der Waals surface area contributed by atoms with Crippen molar-refractivity contribution in [2.75, 3.05) is 13.2 Å². The zero-order valence-electron chi connectivity index (χ0n) is 12.9. The number of aliphatic imine (C=N–C) groups is 2. The van der Waals surface area contributed by atoms with E-state index in [4.69, 9.17) is 4.99 Å². The number of nitrogens with zero attached hydrogens (tertiary/aromatic N) is 2. The molecular formula is C19H21FN2. The van der Waals surface area contributed by atoms with Crippen molar-refractivity contribution >= 4 is 12.4 Å². The van der Waals surface area contributed by atoms with Gasteiger partial charge in [0.1, 0.15) is 0 Å². The Morgan fingerprint density at radius 3 is 1.91 bits per heavy atom. The highest BCUT2D eigenvalue weighted by molar-refractivity contribution is 6.13. The predicted molar refractivity (Wildman–Crippen MR) is 91.9 cm³/mol. The van der Waals surface area contributed by atoms with Crippen molar-refractivity contribution in [1.82, 2.24) is 0 Å². The smallest absolute Gasteiger partial charge is 0.0918 e. The summed E-state index contributed by atoms with van der Waals surface area (Å²) in [5.41, 5.74) is 2.31. The monoisotopic (exact) mass is 296 g/mol. The van der Waals surface area contributed by atoms with E-state index in [1.807, 2.05) is 67.6 Å². The van der Waals surface area contributed by atoms with Crippen LogP contribution in [0.5, 0.6) is 0 Å². The molecule has 0 saturated heterocycles. The summed E-state index contributed by atoms with van der Waals surface area (Å²) in [6, 6.07) is 19.9. The zero-order chi connectivity index (χ0) is 15.8. The van der Waals surface area contributed by atoms with Gasteiger partial charge in [0.25, 0.3) is 0 Å². The van der Waals surface area contributed by atoms with Crippen LogP contribution in [0.2, 0.25) is 0 Å². The Bertz CT molecular complexity index is 581. The fourth-order valence-corrected chi connectivity index (χ4v) is 2.37. The van der Waals surface area contributed by atoms with Crippen LogP contribution in [0, 0.1) is 0 Å². The quantitative estimate of drug-likeness (QED) is 0.679. The van der Waals surface area contributed by atoms with Crippen molar-refractivity contribution in [3.8, 4) is 0 Å². The van der Waals surface area contributed by atoms with E-state index in [1.54, 1.807) is 0 Å². The number of hydrogen-bond donors (Lipinski definition) is 0. The summed E-state index contributed by atoms with van der Waals surface area (Å²) >= 11 is 0. The van der Waals surface area contributed by atoms with Crippen LogP contribution in [0.15, 0.2) is 70.6 Å². The Morgan fingerprint density at radius 2 is 1.50 bits per heavy atom. The van der Waals surface area contributed by atoms with Gasteiger partial charge in [0.15, 0.2) is 0 Å². The number of alkyl halides is 1. The van der Waals surface area contributed by atoms with Crippen LogP contribution < -0.4 is 0 Å². The third kappa shape index (κ3) is 4.10. The normalized spacial score (nSPS) is 13.2. The Labute approximate surface area is 131 Å². The van der Waals surface area contributed by atoms with E-state index in [2.05, 4.69) is 11.7 Å². The lowest BCUT2D eigenvalue weighted by Crippen LogP contribution is -2.29. The lowest BCUT2D eigenvalue weighted by Gasteiger charge is -2.24. The third-order valence-corrected chi connectivity index (χ3v) is 3.56. The molecule has 0 saturated carbocycles. The third-order valence-electron chi connectivity index (χ3n) is 3.56. The van der Waals surface area contributed by atoms with Gasteiger partial charge in [-0.15, -0.1) is 0 Å². The Kier molecular flexibility index (Phi) is 5.59. The Hall–Kier alpha value is -2.29. The molecule has 0 aliphatic rings. The molecule has 3 heteroatoms. The average Bonchev–Trinajstić information content (AvgIpc) is 2.55. The van der Waals surface area contributed by atoms with E-state index in [0.29, 0.717) is 13.0 Å². The van der Waals surface area contributed by atoms with Crippen LogP contribution in [0.1, 0.15) is 24.5 Å². The predicted octanol–water partition coefficient (Wildman–Crippen LogP) is 4.34. The first-order valence-corrected chi connectivity index (χ1v) is 7.38. The molecule has 0 fully saturated rings. The average molecular weight is 296 g/mol. The standard InChI is InChI=1S/C19H21FN2/c1-19(13-14-20,15-21-2)22-18(16-9-5-3-6-10-16)17-11-7-4-8-12-17/h3-12H,2,13-15H2,1H3. The summed E-state index contributed by atoms with van der Waals surface area (Å²) in [5, 5.41) is 0. The molecule has 2 aromatic rings. The van der Waals surface area contributed by atoms with Gasteiger partial charge >= 0.3 is 0 Å². The van der Waals surface area contributed by atoms with Crippen molar-refractivity contribution in [2.45, 2.75) is 18.9 Å². The zero-order valence-corrected chi connectivity index (χ0v) is 12.9. The van der Waals surface area contributed by atoms with Crippen molar-refractivity contribution in [1.29, 1.82) is 0 Å². The first kappa shape index (κ1) is 16.1. The summed E-state index contributed by atoms with van der Waals surface area (Å²) in [6.07, 6.45) is 0.329. The van der Waals surface area contributed by atoms with Gasteiger partial charge in [-0.3, -0.25) is 14.4 Å². The van der Waals surface area contributed by atoms with Gasteiger partial charge in [0.05, 0.1) is 24.5 Å². The Balaban J connectivity index is 2.53. The van der Waals surface area contributed by atoms with Gasteiger partial charge in [0, 0.05) is 17.5 Å². The molecule has 0 aliphatic carbocycles. The van der Waals surface area contributed by atoms with Gasteiger partial charge < -0.3 is 0 Å². The van der Waals surface area contributed by atoms with Crippen LogP contribution in [0.4, 0.5) is 4.39 Å². The second kappa shape index (κ2) is 7.64.